The molecule has 0 aliphatic carbocycles. The zero-order valence-electron chi connectivity index (χ0n) is 15.5. The minimum absolute atomic E-state index is 0.350. The van der Waals surface area contributed by atoms with Crippen molar-refractivity contribution in [2.24, 2.45) is 0 Å². The largest absolute Gasteiger partial charge is 0.524 e. The molecule has 29 heavy (non-hydrogen) atoms. The maximum absolute atomic E-state index is 13.3. The predicted octanol–water partition coefficient (Wildman–Crippen LogP) is 6.31. The molecule has 3 aromatic rings. The highest BCUT2D eigenvalue weighted by molar-refractivity contribution is 8.33. The molecule has 0 radical (unpaired) electrons. The van der Waals surface area contributed by atoms with Gasteiger partial charge in [0.05, 0.1) is 0 Å². The van der Waals surface area contributed by atoms with Crippen LogP contribution in [-0.4, -0.2) is 13.9 Å². The lowest BCUT2D eigenvalue weighted by atomic mass is 10.2. The molecule has 0 aromatic heterocycles. The van der Waals surface area contributed by atoms with Crippen LogP contribution in [0.3, 0.4) is 0 Å². The Morgan fingerprint density at radius 2 is 1.14 bits per heavy atom. The summed E-state index contributed by atoms with van der Waals surface area (Å²) in [5.41, 5.74) is -4.57. The molecule has 0 N–H and O–H groups in total. The molecule has 0 bridgehead atoms. The minimum Gasteiger partial charge on any atom is -0.200 e. The van der Waals surface area contributed by atoms with Gasteiger partial charge in [-0.1, -0.05) is 55.5 Å². The van der Waals surface area contributed by atoms with Crippen molar-refractivity contribution in [1.82, 2.24) is 0 Å². The third kappa shape index (κ3) is 4.19. The highest BCUT2D eigenvalue weighted by atomic mass is 32.3. The average Bonchev–Trinajstić information content (AvgIpc) is 2.72. The van der Waals surface area contributed by atoms with Crippen molar-refractivity contribution in [3.8, 4) is 0 Å². The normalized spacial score (nSPS) is 13.2. The zero-order chi connectivity index (χ0) is 21.1. The third-order valence-corrected chi connectivity index (χ3v) is 9.20. The second kappa shape index (κ2) is 8.22. The van der Waals surface area contributed by atoms with Crippen LogP contribution in [-0.2, 0) is 20.2 Å². The summed E-state index contributed by atoms with van der Waals surface area (Å²) in [4.78, 5) is 1.06. The lowest BCUT2D eigenvalue weighted by Crippen LogP contribution is -2.27. The van der Waals surface area contributed by atoms with Gasteiger partial charge in [0.25, 0.3) is 0 Å². The van der Waals surface area contributed by atoms with Crippen LogP contribution in [0.4, 0.5) is 13.2 Å². The molecular weight excluding hydrogens is 421 g/mol. The van der Waals surface area contributed by atoms with Crippen molar-refractivity contribution in [3.63, 3.8) is 0 Å². The van der Waals surface area contributed by atoms with Crippen molar-refractivity contribution in [1.29, 1.82) is 0 Å². The Labute approximate surface area is 169 Å². The van der Waals surface area contributed by atoms with Gasteiger partial charge >= 0.3 is 15.6 Å². The minimum atomic E-state index is -5.88. The maximum atomic E-state index is 13.3. The first-order valence-electron chi connectivity index (χ1n) is 8.75. The molecule has 0 aliphatic rings. The summed E-state index contributed by atoms with van der Waals surface area (Å²) in [5, 5.41) is 0. The topological polar surface area (TPSA) is 43.4 Å². The van der Waals surface area contributed by atoms with E-state index in [1.807, 2.05) is 6.92 Å². The molecule has 3 nitrogen and oxygen atoms in total. The average molecular weight is 441 g/mol. The lowest BCUT2D eigenvalue weighted by molar-refractivity contribution is -0.0496. The Morgan fingerprint density at radius 3 is 1.52 bits per heavy atom. The van der Waals surface area contributed by atoms with E-state index in [1.165, 1.54) is 0 Å². The lowest BCUT2D eigenvalue weighted by Gasteiger charge is -2.39. The molecule has 0 amide bonds. The smallest absolute Gasteiger partial charge is 0.200 e. The van der Waals surface area contributed by atoms with E-state index in [2.05, 4.69) is 0 Å². The molecule has 3 aromatic carbocycles. The van der Waals surface area contributed by atoms with E-state index in [1.54, 1.807) is 84.9 Å². The van der Waals surface area contributed by atoms with Gasteiger partial charge < -0.3 is 0 Å². The molecule has 8 heteroatoms. The second-order valence-electron chi connectivity index (χ2n) is 6.15. The highest BCUT2D eigenvalue weighted by Gasteiger charge is 2.52. The second-order valence-corrected chi connectivity index (χ2v) is 10.6. The molecule has 0 aliphatic heterocycles. The Balaban J connectivity index is 2.36. The fourth-order valence-corrected chi connectivity index (χ4v) is 7.58. The van der Waals surface area contributed by atoms with Gasteiger partial charge in [-0.15, -0.1) is 0 Å². The number of benzene rings is 3. The van der Waals surface area contributed by atoms with E-state index >= 15 is 0 Å². The van der Waals surface area contributed by atoms with Crippen molar-refractivity contribution in [2.45, 2.75) is 33.5 Å². The summed E-state index contributed by atoms with van der Waals surface area (Å²) < 4.78 is 69.5. The fraction of sp³-hybridized carbons (Fsp3) is 0.143. The Bertz CT molecular complexity index is 1010. The van der Waals surface area contributed by atoms with E-state index in [9.17, 15) is 21.6 Å². The Morgan fingerprint density at radius 1 is 0.724 bits per heavy atom. The van der Waals surface area contributed by atoms with Crippen LogP contribution in [0, 0.1) is 0 Å². The van der Waals surface area contributed by atoms with Crippen LogP contribution in [0.1, 0.15) is 12.5 Å². The van der Waals surface area contributed by atoms with Crippen LogP contribution >= 0.6 is 10.3 Å². The van der Waals surface area contributed by atoms with Crippen molar-refractivity contribution < 1.29 is 25.2 Å². The van der Waals surface area contributed by atoms with Gasteiger partial charge in [-0.05, 0) is 58.7 Å². The summed E-state index contributed by atoms with van der Waals surface area (Å²) in [6.45, 7) is 1.95. The number of alkyl halides is 3. The number of hydrogen-bond donors (Lipinski definition) is 0. The van der Waals surface area contributed by atoms with E-state index in [0.29, 0.717) is 14.7 Å². The first-order valence-corrected chi connectivity index (χ1v) is 11.7. The van der Waals surface area contributed by atoms with Crippen LogP contribution in [0.5, 0.6) is 0 Å². The third-order valence-electron chi connectivity index (χ3n) is 4.29. The number of halogens is 3. The number of rotatable bonds is 6. The van der Waals surface area contributed by atoms with Gasteiger partial charge in [-0.25, -0.2) is 0 Å². The molecule has 3 rings (SSSR count). The van der Waals surface area contributed by atoms with Crippen LogP contribution in [0.2, 0.25) is 0 Å². The first-order chi connectivity index (χ1) is 13.7. The van der Waals surface area contributed by atoms with Gasteiger partial charge in [0.15, 0.2) is 0 Å². The quantitative estimate of drug-likeness (QED) is 0.422. The Hall–Kier alpha value is -2.29. The SMILES string of the molecule is CCc1ccc(S(OS(=O)(=O)C(F)(F)F)(c2ccccc2)c2ccccc2)cc1. The van der Waals surface area contributed by atoms with Crippen molar-refractivity contribution in [3.05, 3.63) is 90.5 Å². The number of hydrogen-bond acceptors (Lipinski definition) is 3. The molecule has 0 fully saturated rings. The van der Waals surface area contributed by atoms with E-state index in [-0.39, 0.29) is 0 Å². The monoisotopic (exact) mass is 440 g/mol. The van der Waals surface area contributed by atoms with Crippen molar-refractivity contribution in [2.75, 3.05) is 0 Å². The van der Waals surface area contributed by atoms with E-state index in [0.717, 1.165) is 12.0 Å². The van der Waals surface area contributed by atoms with Crippen LogP contribution < -0.4 is 0 Å². The van der Waals surface area contributed by atoms with Crippen LogP contribution in [0.25, 0.3) is 0 Å². The molecule has 0 spiro atoms. The molecular formula is C21H19F3O3S2. The van der Waals surface area contributed by atoms with Gasteiger partial charge in [-0.2, -0.15) is 25.2 Å². The molecule has 0 heterocycles. The summed E-state index contributed by atoms with van der Waals surface area (Å²) in [7, 11) is -9.08. The molecule has 0 saturated carbocycles. The summed E-state index contributed by atoms with van der Waals surface area (Å²) >= 11 is 0. The number of aryl methyl sites for hydroxylation is 1. The highest BCUT2D eigenvalue weighted by Crippen LogP contribution is 2.70. The maximum Gasteiger partial charge on any atom is 0.524 e. The van der Waals surface area contributed by atoms with Crippen molar-refractivity contribution >= 4 is 20.4 Å². The standard InChI is InChI=1S/C21H19F3O3S2/c1-2-17-13-15-20(16-14-17)28(18-9-5-3-6-10-18,19-11-7-4-8-12-19)27-29(25,26)21(22,23)24/h3-16H,2H2,1H3. The molecule has 154 valence electrons. The van der Waals surface area contributed by atoms with Gasteiger partial charge in [-0.3, -0.25) is 0 Å². The molecule has 0 atom stereocenters. The van der Waals surface area contributed by atoms with Gasteiger partial charge in [0.1, 0.15) is 0 Å². The summed E-state index contributed by atoms with van der Waals surface area (Å²) in [6, 6.07) is 23.1. The Kier molecular flexibility index (Phi) is 6.07. The predicted molar refractivity (Wildman–Crippen MR) is 107 cm³/mol. The van der Waals surface area contributed by atoms with E-state index < -0.39 is 25.9 Å². The van der Waals surface area contributed by atoms with Gasteiger partial charge in [0.2, 0.25) is 0 Å². The fourth-order valence-electron chi connectivity index (χ4n) is 2.84. The zero-order valence-corrected chi connectivity index (χ0v) is 17.1. The first kappa shape index (κ1) is 21.4. The van der Waals surface area contributed by atoms with Gasteiger partial charge in [0, 0.05) is 14.7 Å². The molecule has 0 saturated heterocycles. The van der Waals surface area contributed by atoms with E-state index in [4.69, 9.17) is 3.63 Å². The molecule has 0 unspecified atom stereocenters. The summed E-state index contributed by atoms with van der Waals surface area (Å²) in [6.07, 6.45) is 0.737. The summed E-state index contributed by atoms with van der Waals surface area (Å²) in [5.74, 6) is 0. The van der Waals surface area contributed by atoms with Crippen LogP contribution in [0.15, 0.2) is 99.6 Å².